The van der Waals surface area contributed by atoms with E-state index >= 15 is 4.39 Å². The van der Waals surface area contributed by atoms with Crippen molar-refractivity contribution < 1.29 is 22.3 Å². The second-order valence-corrected chi connectivity index (χ2v) is 9.78. The van der Waals surface area contributed by atoms with Crippen molar-refractivity contribution in [2.45, 2.75) is 46.6 Å². The van der Waals surface area contributed by atoms with Crippen molar-refractivity contribution in [2.75, 3.05) is 11.0 Å². The fourth-order valence-electron chi connectivity index (χ4n) is 2.74. The van der Waals surface area contributed by atoms with Crippen LogP contribution in [-0.2, 0) is 26.8 Å². The maximum Gasteiger partial charge on any atom is 0.229 e. The van der Waals surface area contributed by atoms with Gasteiger partial charge >= 0.3 is 0 Å². The summed E-state index contributed by atoms with van der Waals surface area (Å²) < 4.78 is 46.5. The molecule has 0 aliphatic rings. The number of nitrogens with one attached hydrogen (secondary N) is 2. The number of ether oxygens (including phenoxy) is 1. The lowest BCUT2D eigenvalue weighted by atomic mass is 9.87. The maximum atomic E-state index is 15.2. The summed E-state index contributed by atoms with van der Waals surface area (Å²) in [7, 11) is -3.69. The molecule has 6 nitrogen and oxygen atoms in total. The number of hydrogen-bond donors (Lipinski definition) is 2. The summed E-state index contributed by atoms with van der Waals surface area (Å²) in [5.74, 6) is -0.855. The summed E-state index contributed by atoms with van der Waals surface area (Å²) >= 11 is 0. The van der Waals surface area contributed by atoms with E-state index in [4.69, 9.17) is 4.74 Å². The average Bonchev–Trinajstić information content (AvgIpc) is 2.58. The van der Waals surface area contributed by atoms with E-state index in [0.29, 0.717) is 16.9 Å². The van der Waals surface area contributed by atoms with Crippen LogP contribution in [0.3, 0.4) is 0 Å². The molecular formula is C21H27FN2O4S. The standard InChI is InChI=1S/C21H27FN2O4S/c1-13-11-15(12-23-14(2)25)20(18(22)19(13)24-29(6,26)27)28-17-9-7-16(8-10-17)21(3,4)5/h7-11,24H,12H2,1-6H3,(H,23,25). The highest BCUT2D eigenvalue weighted by molar-refractivity contribution is 7.92. The van der Waals surface area contributed by atoms with Crippen LogP contribution in [0.4, 0.5) is 10.1 Å². The summed E-state index contributed by atoms with van der Waals surface area (Å²) in [4.78, 5) is 11.3. The highest BCUT2D eigenvalue weighted by Gasteiger charge is 2.21. The summed E-state index contributed by atoms with van der Waals surface area (Å²) in [6.07, 6.45) is 0.947. The normalized spacial score (nSPS) is 11.8. The first-order valence-electron chi connectivity index (χ1n) is 9.10. The fraction of sp³-hybridized carbons (Fsp3) is 0.381. The van der Waals surface area contributed by atoms with Crippen LogP contribution < -0.4 is 14.8 Å². The molecule has 8 heteroatoms. The van der Waals surface area contributed by atoms with Gasteiger partial charge in [-0.2, -0.15) is 0 Å². The van der Waals surface area contributed by atoms with Crippen molar-refractivity contribution in [1.29, 1.82) is 0 Å². The van der Waals surface area contributed by atoms with Crippen LogP contribution >= 0.6 is 0 Å². The number of amides is 1. The Morgan fingerprint density at radius 3 is 2.24 bits per heavy atom. The number of rotatable bonds is 6. The molecule has 0 radical (unpaired) electrons. The number of carbonyl (C=O) groups excluding carboxylic acids is 1. The largest absolute Gasteiger partial charge is 0.454 e. The molecule has 158 valence electrons. The number of anilines is 1. The number of aryl methyl sites for hydroxylation is 1. The van der Waals surface area contributed by atoms with Crippen LogP contribution in [0.5, 0.6) is 11.5 Å². The minimum atomic E-state index is -3.69. The van der Waals surface area contributed by atoms with Gasteiger partial charge in [0.2, 0.25) is 15.9 Å². The zero-order valence-electron chi connectivity index (χ0n) is 17.5. The third-order valence-electron chi connectivity index (χ3n) is 4.25. The van der Waals surface area contributed by atoms with Crippen molar-refractivity contribution in [3.05, 3.63) is 52.8 Å². The SMILES string of the molecule is CC(=O)NCc1cc(C)c(NS(C)(=O)=O)c(F)c1Oc1ccc(C(C)(C)C)cc1. The number of hydrogen-bond acceptors (Lipinski definition) is 4. The summed E-state index contributed by atoms with van der Waals surface area (Å²) in [6.45, 7) is 9.22. The zero-order chi connectivity index (χ0) is 22.0. The molecule has 0 unspecified atom stereocenters. The van der Waals surface area contributed by atoms with Crippen LogP contribution in [0.15, 0.2) is 30.3 Å². The van der Waals surface area contributed by atoms with Gasteiger partial charge in [-0.1, -0.05) is 32.9 Å². The minimum Gasteiger partial charge on any atom is -0.454 e. The number of sulfonamides is 1. The molecule has 0 atom stereocenters. The fourth-order valence-corrected chi connectivity index (χ4v) is 3.36. The third-order valence-corrected chi connectivity index (χ3v) is 4.83. The van der Waals surface area contributed by atoms with Crippen LogP contribution in [0.25, 0.3) is 0 Å². The number of halogens is 1. The molecule has 0 aliphatic heterocycles. The Morgan fingerprint density at radius 2 is 1.76 bits per heavy atom. The molecule has 0 bridgehead atoms. The monoisotopic (exact) mass is 422 g/mol. The Morgan fingerprint density at radius 1 is 1.17 bits per heavy atom. The lowest BCUT2D eigenvalue weighted by molar-refractivity contribution is -0.119. The van der Waals surface area contributed by atoms with E-state index in [2.05, 4.69) is 30.8 Å². The van der Waals surface area contributed by atoms with Crippen LogP contribution in [0.2, 0.25) is 0 Å². The van der Waals surface area contributed by atoms with Crippen LogP contribution in [0.1, 0.15) is 44.4 Å². The van der Waals surface area contributed by atoms with Crippen molar-refractivity contribution in [1.82, 2.24) is 5.32 Å². The quantitative estimate of drug-likeness (QED) is 0.730. The van der Waals surface area contributed by atoms with Crippen molar-refractivity contribution >= 4 is 21.6 Å². The second-order valence-electron chi connectivity index (χ2n) is 8.03. The Balaban J connectivity index is 2.50. The molecule has 2 N–H and O–H groups in total. The van der Waals surface area contributed by atoms with E-state index in [1.54, 1.807) is 25.1 Å². The van der Waals surface area contributed by atoms with E-state index in [1.165, 1.54) is 6.92 Å². The van der Waals surface area contributed by atoms with Gasteiger partial charge in [-0.3, -0.25) is 9.52 Å². The predicted octanol–water partition coefficient (Wildman–Crippen LogP) is 4.23. The molecule has 0 aliphatic carbocycles. The zero-order valence-corrected chi connectivity index (χ0v) is 18.3. The van der Waals surface area contributed by atoms with E-state index in [9.17, 15) is 13.2 Å². The van der Waals surface area contributed by atoms with Gasteiger partial charge in [-0.05, 0) is 41.7 Å². The van der Waals surface area contributed by atoms with E-state index < -0.39 is 15.8 Å². The summed E-state index contributed by atoms with van der Waals surface area (Å²) in [6, 6.07) is 8.83. The number of carbonyl (C=O) groups is 1. The Kier molecular flexibility index (Phi) is 6.57. The molecule has 0 spiro atoms. The molecule has 0 saturated carbocycles. The molecule has 0 heterocycles. The van der Waals surface area contributed by atoms with Gasteiger partial charge in [0, 0.05) is 19.0 Å². The molecular weight excluding hydrogens is 395 g/mol. The van der Waals surface area contributed by atoms with Gasteiger partial charge in [-0.25, -0.2) is 12.8 Å². The molecule has 2 rings (SSSR count). The maximum absolute atomic E-state index is 15.2. The Bertz CT molecular complexity index is 1010. The first-order valence-corrected chi connectivity index (χ1v) is 11.0. The topological polar surface area (TPSA) is 84.5 Å². The van der Waals surface area contributed by atoms with Gasteiger partial charge in [0.1, 0.15) is 5.75 Å². The molecule has 2 aromatic carbocycles. The van der Waals surface area contributed by atoms with Gasteiger partial charge in [0.15, 0.2) is 11.6 Å². The summed E-state index contributed by atoms with van der Waals surface area (Å²) in [5.41, 5.74) is 1.64. The highest BCUT2D eigenvalue weighted by Crippen LogP contribution is 2.36. The molecule has 29 heavy (non-hydrogen) atoms. The van der Waals surface area contributed by atoms with E-state index in [-0.39, 0.29) is 29.3 Å². The van der Waals surface area contributed by atoms with Crippen molar-refractivity contribution in [2.24, 2.45) is 0 Å². The lowest BCUT2D eigenvalue weighted by Gasteiger charge is -2.20. The first-order chi connectivity index (χ1) is 13.3. The smallest absolute Gasteiger partial charge is 0.229 e. The van der Waals surface area contributed by atoms with Crippen LogP contribution in [-0.4, -0.2) is 20.6 Å². The average molecular weight is 423 g/mol. The molecule has 0 saturated heterocycles. The Hall–Kier alpha value is -2.61. The van der Waals surface area contributed by atoms with E-state index in [1.807, 2.05) is 12.1 Å². The van der Waals surface area contributed by atoms with Gasteiger partial charge in [0.05, 0.1) is 11.9 Å². The third kappa shape index (κ3) is 6.19. The van der Waals surface area contributed by atoms with Gasteiger partial charge < -0.3 is 10.1 Å². The molecule has 0 aromatic heterocycles. The predicted molar refractivity (Wildman–Crippen MR) is 112 cm³/mol. The van der Waals surface area contributed by atoms with Crippen molar-refractivity contribution in [3.8, 4) is 11.5 Å². The van der Waals surface area contributed by atoms with Crippen molar-refractivity contribution in [3.63, 3.8) is 0 Å². The molecule has 1 amide bonds. The summed E-state index contributed by atoms with van der Waals surface area (Å²) in [5, 5.41) is 2.61. The van der Waals surface area contributed by atoms with Gasteiger partial charge in [0.25, 0.3) is 0 Å². The number of benzene rings is 2. The first kappa shape index (κ1) is 22.7. The van der Waals surface area contributed by atoms with E-state index in [0.717, 1.165) is 11.8 Å². The van der Waals surface area contributed by atoms with Crippen LogP contribution in [0, 0.1) is 12.7 Å². The minimum absolute atomic E-state index is 0.0433. The molecule has 0 fully saturated rings. The second kappa shape index (κ2) is 8.41. The Labute approximate surface area is 171 Å². The lowest BCUT2D eigenvalue weighted by Crippen LogP contribution is -2.20. The highest BCUT2D eigenvalue weighted by atomic mass is 32.2. The van der Waals surface area contributed by atoms with Gasteiger partial charge in [-0.15, -0.1) is 0 Å². The molecule has 2 aromatic rings.